The molecule has 2 N–H and O–H groups in total. The molecule has 2 heterocycles. The molecule has 7 heteroatoms. The fourth-order valence-electron chi connectivity index (χ4n) is 3.37. The molecule has 2 saturated heterocycles. The number of benzene rings is 1. The molecule has 136 valence electrons. The first-order chi connectivity index (χ1) is 10.7. The number of anilines is 1. The van der Waals surface area contributed by atoms with Gasteiger partial charge in [-0.3, -0.25) is 4.79 Å². The first-order valence-electron chi connectivity index (χ1n) is 8.21. The van der Waals surface area contributed by atoms with E-state index in [2.05, 4.69) is 55.7 Å². The molecule has 2 aliphatic heterocycles. The van der Waals surface area contributed by atoms with Crippen molar-refractivity contribution in [1.29, 1.82) is 0 Å². The lowest BCUT2D eigenvalue weighted by Crippen LogP contribution is -2.35. The second-order valence-electron chi connectivity index (χ2n) is 6.38. The fraction of sp³-hybridized carbons (Fsp3) is 0.588. The normalized spacial score (nSPS) is 22.6. The summed E-state index contributed by atoms with van der Waals surface area (Å²) in [5.41, 5.74) is 1.27. The van der Waals surface area contributed by atoms with E-state index in [0.717, 1.165) is 43.5 Å². The smallest absolute Gasteiger partial charge is 0.221 e. The van der Waals surface area contributed by atoms with Crippen LogP contribution in [0, 0.1) is 5.92 Å². The maximum Gasteiger partial charge on any atom is 0.221 e. The molecule has 24 heavy (non-hydrogen) atoms. The molecular formula is C17H26BrCl2N3O. The Morgan fingerprint density at radius 3 is 2.67 bits per heavy atom. The Morgan fingerprint density at radius 1 is 1.25 bits per heavy atom. The van der Waals surface area contributed by atoms with Gasteiger partial charge in [-0.15, -0.1) is 24.8 Å². The molecule has 0 aliphatic carbocycles. The standard InChI is InChI=1S/C17H24BrN3O.2ClH/c18-14-3-5-16(6-4-14)21-9-7-13(12-21)11-20-17(22)10-15-2-1-8-19-15;;/h3-6,13,15,19H,1-2,7-12H2,(H,20,22);2*1H. The Hall–Kier alpha value is -0.490. The van der Waals surface area contributed by atoms with E-state index >= 15 is 0 Å². The summed E-state index contributed by atoms with van der Waals surface area (Å²) in [5, 5.41) is 6.50. The zero-order valence-corrected chi connectivity index (χ0v) is 16.9. The van der Waals surface area contributed by atoms with E-state index in [9.17, 15) is 4.79 Å². The molecule has 0 aromatic heterocycles. The predicted octanol–water partition coefficient (Wildman–Crippen LogP) is 3.38. The van der Waals surface area contributed by atoms with Gasteiger partial charge in [0.25, 0.3) is 0 Å². The monoisotopic (exact) mass is 437 g/mol. The highest BCUT2D eigenvalue weighted by atomic mass is 79.9. The number of hydrogen-bond donors (Lipinski definition) is 2. The first-order valence-corrected chi connectivity index (χ1v) is 9.00. The van der Waals surface area contributed by atoms with Crippen LogP contribution in [0.25, 0.3) is 0 Å². The van der Waals surface area contributed by atoms with Crippen molar-refractivity contribution in [2.45, 2.75) is 31.7 Å². The van der Waals surface area contributed by atoms with E-state index in [4.69, 9.17) is 0 Å². The molecule has 1 aromatic carbocycles. The molecule has 3 rings (SSSR count). The molecular weight excluding hydrogens is 413 g/mol. The van der Waals surface area contributed by atoms with Crippen molar-refractivity contribution in [2.75, 3.05) is 31.1 Å². The molecule has 0 saturated carbocycles. The molecule has 0 radical (unpaired) electrons. The topological polar surface area (TPSA) is 44.4 Å². The van der Waals surface area contributed by atoms with Gasteiger partial charge < -0.3 is 15.5 Å². The second kappa shape index (κ2) is 10.5. The minimum Gasteiger partial charge on any atom is -0.371 e. The number of halogens is 3. The van der Waals surface area contributed by atoms with Gasteiger partial charge >= 0.3 is 0 Å². The summed E-state index contributed by atoms with van der Waals surface area (Å²) in [6, 6.07) is 8.86. The van der Waals surface area contributed by atoms with Crippen LogP contribution in [0.2, 0.25) is 0 Å². The lowest BCUT2D eigenvalue weighted by atomic mass is 10.1. The summed E-state index contributed by atoms with van der Waals surface area (Å²) in [6.45, 7) is 3.97. The van der Waals surface area contributed by atoms with E-state index in [0.29, 0.717) is 18.4 Å². The third-order valence-electron chi connectivity index (χ3n) is 4.66. The Kier molecular flexibility index (Phi) is 9.42. The molecule has 2 atom stereocenters. The van der Waals surface area contributed by atoms with Crippen LogP contribution in [0.15, 0.2) is 28.7 Å². The van der Waals surface area contributed by atoms with E-state index in [-0.39, 0.29) is 30.7 Å². The Balaban J connectivity index is 0.00000144. The number of amides is 1. The third-order valence-corrected chi connectivity index (χ3v) is 5.19. The highest BCUT2D eigenvalue weighted by Crippen LogP contribution is 2.25. The minimum atomic E-state index is 0. The highest BCUT2D eigenvalue weighted by molar-refractivity contribution is 9.10. The summed E-state index contributed by atoms with van der Waals surface area (Å²) in [6.07, 6.45) is 4.11. The van der Waals surface area contributed by atoms with Crippen LogP contribution in [0.3, 0.4) is 0 Å². The van der Waals surface area contributed by atoms with Crippen LogP contribution < -0.4 is 15.5 Å². The molecule has 4 nitrogen and oxygen atoms in total. The van der Waals surface area contributed by atoms with Gasteiger partial charge in [-0.2, -0.15) is 0 Å². The summed E-state index contributed by atoms with van der Waals surface area (Å²) in [5.74, 6) is 0.755. The molecule has 0 spiro atoms. The largest absolute Gasteiger partial charge is 0.371 e. The summed E-state index contributed by atoms with van der Waals surface area (Å²) >= 11 is 3.47. The van der Waals surface area contributed by atoms with Crippen molar-refractivity contribution >= 4 is 52.3 Å². The lowest BCUT2D eigenvalue weighted by Gasteiger charge is -2.19. The average molecular weight is 439 g/mol. The van der Waals surface area contributed by atoms with Gasteiger partial charge in [-0.1, -0.05) is 15.9 Å². The second-order valence-corrected chi connectivity index (χ2v) is 7.29. The van der Waals surface area contributed by atoms with Gasteiger partial charge in [0.2, 0.25) is 5.91 Å². The lowest BCUT2D eigenvalue weighted by molar-refractivity contribution is -0.121. The van der Waals surface area contributed by atoms with E-state index in [1.54, 1.807) is 0 Å². The average Bonchev–Trinajstić information content (AvgIpc) is 3.17. The first kappa shape index (κ1) is 21.6. The number of nitrogens with one attached hydrogen (secondary N) is 2. The van der Waals surface area contributed by atoms with E-state index < -0.39 is 0 Å². The zero-order chi connectivity index (χ0) is 15.4. The van der Waals surface area contributed by atoms with Crippen LogP contribution in [0.5, 0.6) is 0 Å². The van der Waals surface area contributed by atoms with Crippen LogP contribution in [0.4, 0.5) is 5.69 Å². The van der Waals surface area contributed by atoms with E-state index in [1.807, 2.05) is 0 Å². The predicted molar refractivity (Wildman–Crippen MR) is 108 cm³/mol. The molecule has 2 fully saturated rings. The van der Waals surface area contributed by atoms with Gasteiger partial charge in [-0.05, 0) is 56.0 Å². The van der Waals surface area contributed by atoms with Crippen molar-refractivity contribution in [3.05, 3.63) is 28.7 Å². The van der Waals surface area contributed by atoms with Crippen molar-refractivity contribution in [3.8, 4) is 0 Å². The van der Waals surface area contributed by atoms with Gasteiger partial charge in [0.05, 0.1) is 0 Å². The Morgan fingerprint density at radius 2 is 2.00 bits per heavy atom. The highest BCUT2D eigenvalue weighted by Gasteiger charge is 2.24. The summed E-state index contributed by atoms with van der Waals surface area (Å²) in [4.78, 5) is 14.4. The Bertz CT molecular complexity index is 509. The van der Waals surface area contributed by atoms with Gasteiger partial charge in [0.15, 0.2) is 0 Å². The quantitative estimate of drug-likeness (QED) is 0.740. The van der Waals surface area contributed by atoms with Crippen molar-refractivity contribution in [3.63, 3.8) is 0 Å². The fourth-order valence-corrected chi connectivity index (χ4v) is 3.64. The summed E-state index contributed by atoms with van der Waals surface area (Å²) < 4.78 is 1.11. The van der Waals surface area contributed by atoms with Gasteiger partial charge in [0, 0.05) is 42.3 Å². The Labute approximate surface area is 165 Å². The van der Waals surface area contributed by atoms with E-state index in [1.165, 1.54) is 12.1 Å². The SMILES string of the molecule is Cl.Cl.O=C(CC1CCCN1)NCC1CCN(c2ccc(Br)cc2)C1. The molecule has 0 bridgehead atoms. The molecule has 2 aliphatic rings. The minimum absolute atomic E-state index is 0. The number of nitrogens with zero attached hydrogens (tertiary/aromatic N) is 1. The van der Waals surface area contributed by atoms with Crippen molar-refractivity contribution < 1.29 is 4.79 Å². The third kappa shape index (κ3) is 6.10. The van der Waals surface area contributed by atoms with Crippen LogP contribution >= 0.6 is 40.7 Å². The molecule has 1 aromatic rings. The number of carbonyl (C=O) groups is 1. The van der Waals surface area contributed by atoms with Gasteiger partial charge in [0.1, 0.15) is 0 Å². The zero-order valence-electron chi connectivity index (χ0n) is 13.7. The van der Waals surface area contributed by atoms with Crippen molar-refractivity contribution in [2.24, 2.45) is 5.92 Å². The number of rotatable bonds is 5. The number of carbonyl (C=O) groups excluding carboxylic acids is 1. The van der Waals surface area contributed by atoms with Crippen LogP contribution in [-0.2, 0) is 4.79 Å². The maximum absolute atomic E-state index is 12.0. The van der Waals surface area contributed by atoms with Crippen LogP contribution in [-0.4, -0.2) is 38.1 Å². The molecule has 1 amide bonds. The summed E-state index contributed by atoms with van der Waals surface area (Å²) in [7, 11) is 0. The molecule has 2 unspecified atom stereocenters. The number of hydrogen-bond acceptors (Lipinski definition) is 3. The van der Waals surface area contributed by atoms with Crippen LogP contribution in [0.1, 0.15) is 25.7 Å². The maximum atomic E-state index is 12.0. The van der Waals surface area contributed by atoms with Crippen molar-refractivity contribution in [1.82, 2.24) is 10.6 Å². The van der Waals surface area contributed by atoms with Gasteiger partial charge in [-0.25, -0.2) is 0 Å².